The summed E-state index contributed by atoms with van der Waals surface area (Å²) in [7, 11) is -1.52. The van der Waals surface area contributed by atoms with Crippen molar-refractivity contribution in [1.82, 2.24) is 0 Å². The lowest BCUT2D eigenvalue weighted by molar-refractivity contribution is 0.307. The van der Waals surface area contributed by atoms with Gasteiger partial charge in [0.1, 0.15) is 18.1 Å². The molecule has 0 N–H and O–H groups in total. The summed E-state index contributed by atoms with van der Waals surface area (Å²) >= 11 is 0. The van der Waals surface area contributed by atoms with E-state index in [1.165, 1.54) is 0 Å². The minimum atomic E-state index is -3.21. The zero-order chi connectivity index (χ0) is 22.2. The van der Waals surface area contributed by atoms with Crippen LogP contribution in [0.1, 0.15) is 23.6 Å². The second kappa shape index (κ2) is 8.23. The molecule has 0 aliphatic carbocycles. The maximum absolute atomic E-state index is 12.1. The summed E-state index contributed by atoms with van der Waals surface area (Å²) in [5.74, 6) is 1.80. The van der Waals surface area contributed by atoms with Gasteiger partial charge in [-0.3, -0.25) is 0 Å². The van der Waals surface area contributed by atoms with E-state index in [4.69, 9.17) is 9.47 Å². The van der Waals surface area contributed by atoms with Crippen LogP contribution in [0, 0.1) is 13.8 Å². The van der Waals surface area contributed by atoms with Crippen molar-refractivity contribution in [3.8, 4) is 11.5 Å². The fraction of sp³-hybridized carbons (Fsp3) is 0.231. The van der Waals surface area contributed by atoms with E-state index in [0.717, 1.165) is 49.7 Å². The molecule has 0 aliphatic heterocycles. The van der Waals surface area contributed by atoms with Gasteiger partial charge in [-0.25, -0.2) is 8.42 Å². The van der Waals surface area contributed by atoms with Crippen molar-refractivity contribution in [3.05, 3.63) is 77.4 Å². The van der Waals surface area contributed by atoms with E-state index < -0.39 is 9.84 Å². The zero-order valence-electron chi connectivity index (χ0n) is 18.2. The van der Waals surface area contributed by atoms with E-state index in [1.54, 1.807) is 26.2 Å². The number of ether oxygens (including phenoxy) is 2. The third-order valence-electron chi connectivity index (χ3n) is 5.78. The van der Waals surface area contributed by atoms with Gasteiger partial charge in [0.25, 0.3) is 0 Å². The van der Waals surface area contributed by atoms with E-state index in [1.807, 2.05) is 30.3 Å². The Labute approximate surface area is 183 Å². The monoisotopic (exact) mass is 434 g/mol. The molecular formula is C26H26O4S. The Morgan fingerprint density at radius 3 is 2.32 bits per heavy atom. The van der Waals surface area contributed by atoms with Gasteiger partial charge in [0, 0.05) is 0 Å². The van der Waals surface area contributed by atoms with Gasteiger partial charge in [0.2, 0.25) is 0 Å². The highest BCUT2D eigenvalue weighted by molar-refractivity contribution is 7.91. The van der Waals surface area contributed by atoms with E-state index in [2.05, 4.69) is 32.0 Å². The van der Waals surface area contributed by atoms with Gasteiger partial charge in [-0.1, -0.05) is 31.2 Å². The summed E-state index contributed by atoms with van der Waals surface area (Å²) in [6.45, 7) is 6.23. The van der Waals surface area contributed by atoms with Crippen molar-refractivity contribution in [2.75, 3.05) is 12.9 Å². The molecule has 0 bridgehead atoms. The number of benzene rings is 4. The van der Waals surface area contributed by atoms with Gasteiger partial charge in [0.15, 0.2) is 9.84 Å². The molecule has 0 atom stereocenters. The lowest BCUT2D eigenvalue weighted by Gasteiger charge is -2.13. The molecule has 160 valence electrons. The molecule has 0 aliphatic rings. The Morgan fingerprint density at radius 2 is 1.58 bits per heavy atom. The maximum atomic E-state index is 12.1. The summed E-state index contributed by atoms with van der Waals surface area (Å²) < 4.78 is 35.8. The Hall–Kier alpha value is -3.05. The number of sulfone groups is 1. The van der Waals surface area contributed by atoms with Crippen LogP contribution in [-0.2, 0) is 16.4 Å². The highest BCUT2D eigenvalue weighted by Gasteiger charge is 2.12. The van der Waals surface area contributed by atoms with Crippen molar-refractivity contribution in [1.29, 1.82) is 0 Å². The van der Waals surface area contributed by atoms with Gasteiger partial charge < -0.3 is 9.47 Å². The summed E-state index contributed by atoms with van der Waals surface area (Å²) in [4.78, 5) is 0.366. The SMILES string of the molecule is CCS(=O)(=O)c1ccc2cc(COc3ccc4c(C)c(OC)cc(C)c4c3)ccc2c1. The molecule has 0 fully saturated rings. The molecule has 4 rings (SSSR count). The molecule has 31 heavy (non-hydrogen) atoms. The molecule has 0 saturated carbocycles. The van der Waals surface area contributed by atoms with Crippen molar-refractivity contribution < 1.29 is 17.9 Å². The Bertz CT molecular complexity index is 1390. The second-order valence-corrected chi connectivity index (χ2v) is 10.0. The summed E-state index contributed by atoms with van der Waals surface area (Å²) in [5, 5.41) is 4.21. The number of methoxy groups -OCH3 is 1. The van der Waals surface area contributed by atoms with Gasteiger partial charge in [0.05, 0.1) is 17.8 Å². The van der Waals surface area contributed by atoms with Crippen LogP contribution in [0.15, 0.2) is 65.6 Å². The quantitative estimate of drug-likeness (QED) is 0.374. The molecule has 0 amide bonds. The summed E-state index contributed by atoms with van der Waals surface area (Å²) in [6.07, 6.45) is 0. The first kappa shape index (κ1) is 21.2. The largest absolute Gasteiger partial charge is 0.496 e. The number of rotatable bonds is 6. The van der Waals surface area contributed by atoms with Gasteiger partial charge >= 0.3 is 0 Å². The number of hydrogen-bond donors (Lipinski definition) is 0. The normalized spacial score (nSPS) is 11.7. The minimum Gasteiger partial charge on any atom is -0.496 e. The molecule has 0 saturated heterocycles. The van der Waals surface area contributed by atoms with Gasteiger partial charge in [-0.15, -0.1) is 0 Å². The van der Waals surface area contributed by atoms with Crippen LogP contribution in [-0.4, -0.2) is 21.3 Å². The predicted octanol–water partition coefficient (Wildman–Crippen LogP) is 5.99. The van der Waals surface area contributed by atoms with E-state index >= 15 is 0 Å². The van der Waals surface area contributed by atoms with E-state index in [9.17, 15) is 8.42 Å². The number of hydrogen-bond acceptors (Lipinski definition) is 4. The highest BCUT2D eigenvalue weighted by Crippen LogP contribution is 2.33. The third kappa shape index (κ3) is 4.10. The lowest BCUT2D eigenvalue weighted by atomic mass is 10.00. The van der Waals surface area contributed by atoms with Crippen molar-refractivity contribution in [2.45, 2.75) is 32.3 Å². The molecule has 4 aromatic rings. The molecule has 0 heterocycles. The fourth-order valence-corrected chi connectivity index (χ4v) is 4.80. The molecule has 4 aromatic carbocycles. The standard InChI is InChI=1S/C26H26O4S/c1-5-31(27,28)23-10-8-20-13-19(6-7-21(20)14-23)16-30-22-9-11-24-18(3)26(29-4)12-17(2)25(24)15-22/h6-15H,5,16H2,1-4H3. The minimum absolute atomic E-state index is 0.0992. The van der Waals surface area contributed by atoms with Crippen molar-refractivity contribution in [2.24, 2.45) is 0 Å². The molecule has 0 spiro atoms. The topological polar surface area (TPSA) is 52.6 Å². The smallest absolute Gasteiger partial charge is 0.178 e. The molecule has 5 heteroatoms. The Balaban J connectivity index is 1.58. The first-order valence-electron chi connectivity index (χ1n) is 10.3. The number of fused-ring (bicyclic) bond motifs is 2. The predicted molar refractivity (Wildman–Crippen MR) is 126 cm³/mol. The molecule has 0 unspecified atom stereocenters. The Morgan fingerprint density at radius 1 is 0.839 bits per heavy atom. The average Bonchev–Trinajstić information content (AvgIpc) is 2.79. The van der Waals surface area contributed by atoms with Crippen LogP contribution in [0.3, 0.4) is 0 Å². The second-order valence-electron chi connectivity index (χ2n) is 7.76. The van der Waals surface area contributed by atoms with Crippen LogP contribution in [0.5, 0.6) is 11.5 Å². The molecule has 4 nitrogen and oxygen atoms in total. The van der Waals surface area contributed by atoms with Crippen LogP contribution in [0.4, 0.5) is 0 Å². The maximum Gasteiger partial charge on any atom is 0.178 e. The van der Waals surface area contributed by atoms with Gasteiger partial charge in [-0.05, 0) is 88.5 Å². The zero-order valence-corrected chi connectivity index (χ0v) is 19.0. The Kier molecular flexibility index (Phi) is 5.63. The highest BCUT2D eigenvalue weighted by atomic mass is 32.2. The lowest BCUT2D eigenvalue weighted by Crippen LogP contribution is -2.03. The van der Waals surface area contributed by atoms with E-state index in [0.29, 0.717) is 11.5 Å². The molecular weight excluding hydrogens is 408 g/mol. The van der Waals surface area contributed by atoms with Crippen LogP contribution in [0.2, 0.25) is 0 Å². The van der Waals surface area contributed by atoms with Gasteiger partial charge in [-0.2, -0.15) is 0 Å². The van der Waals surface area contributed by atoms with Crippen molar-refractivity contribution >= 4 is 31.4 Å². The number of aryl methyl sites for hydroxylation is 2. The summed E-state index contributed by atoms with van der Waals surface area (Å²) in [6, 6.07) is 19.4. The molecule has 0 aromatic heterocycles. The first-order valence-corrected chi connectivity index (χ1v) is 11.9. The van der Waals surface area contributed by atoms with Crippen LogP contribution < -0.4 is 9.47 Å². The van der Waals surface area contributed by atoms with Crippen molar-refractivity contribution in [3.63, 3.8) is 0 Å². The van der Waals surface area contributed by atoms with Crippen LogP contribution >= 0.6 is 0 Å². The summed E-state index contributed by atoms with van der Waals surface area (Å²) in [5.41, 5.74) is 3.29. The average molecular weight is 435 g/mol. The van der Waals surface area contributed by atoms with Crippen LogP contribution in [0.25, 0.3) is 21.5 Å². The van der Waals surface area contributed by atoms with E-state index in [-0.39, 0.29) is 5.75 Å². The fourth-order valence-electron chi connectivity index (χ4n) is 3.88. The molecule has 0 radical (unpaired) electrons. The third-order valence-corrected chi connectivity index (χ3v) is 7.51. The first-order chi connectivity index (χ1) is 14.8.